The quantitative estimate of drug-likeness (QED) is 0.283. The second-order valence-corrected chi connectivity index (χ2v) is 8.57. The minimum absolute atomic E-state index is 0.0370. The highest BCUT2D eigenvalue weighted by Crippen LogP contribution is 2.49. The van der Waals surface area contributed by atoms with E-state index >= 15 is 0 Å². The zero-order valence-electron chi connectivity index (χ0n) is 30.3. The fourth-order valence-corrected chi connectivity index (χ4v) is 4.89. The smallest absolute Gasteiger partial charge is 0.137 e. The highest BCUT2D eigenvalue weighted by Gasteiger charge is 2.35. The molecule has 2 nitrogen and oxygen atoms in total. The van der Waals surface area contributed by atoms with Crippen LogP contribution in [0.1, 0.15) is 41.3 Å². The fraction of sp³-hybridized carbons (Fsp3) is 0.0909. The van der Waals surface area contributed by atoms with Gasteiger partial charge < -0.3 is 9.73 Å². The lowest BCUT2D eigenvalue weighted by molar-refractivity contribution is 0.660. The Kier molecular flexibility index (Phi) is 2.40. The van der Waals surface area contributed by atoms with E-state index in [1.807, 2.05) is 0 Å². The number of benzene rings is 5. The SMILES string of the molecule is [2H]c1c([2H])c([2H])c(-c2ccc3oc4cccc(Nc5ccc6c(c5[2H])C(C([2H])([2H])[2H])(C([2H])([2H])[2H])c5ccccc5-6)c4c3c2)c([2H])c1[2H]. The van der Waals surface area contributed by atoms with Crippen LogP contribution >= 0.6 is 0 Å². The topological polar surface area (TPSA) is 25.2 Å². The van der Waals surface area contributed by atoms with Crippen molar-refractivity contribution in [2.45, 2.75) is 19.1 Å². The molecule has 0 radical (unpaired) electrons. The van der Waals surface area contributed by atoms with Crippen molar-refractivity contribution in [1.29, 1.82) is 0 Å². The highest BCUT2D eigenvalue weighted by molar-refractivity contribution is 6.13. The van der Waals surface area contributed by atoms with E-state index in [1.54, 1.807) is 66.7 Å². The van der Waals surface area contributed by atoms with Gasteiger partial charge in [-0.2, -0.15) is 0 Å². The first-order chi connectivity index (χ1) is 22.1. The zero-order chi connectivity index (χ0) is 33.8. The third-order valence-corrected chi connectivity index (χ3v) is 6.49. The van der Waals surface area contributed by atoms with Crippen LogP contribution in [0.15, 0.2) is 113 Å². The predicted molar refractivity (Wildman–Crippen MR) is 146 cm³/mol. The second-order valence-electron chi connectivity index (χ2n) is 8.57. The molecule has 7 rings (SSSR count). The van der Waals surface area contributed by atoms with Gasteiger partial charge in [-0.05, 0) is 69.8 Å². The van der Waals surface area contributed by atoms with Gasteiger partial charge in [0.05, 0.1) is 19.3 Å². The average molecular weight is 464 g/mol. The minimum atomic E-state index is -3.02. The molecule has 0 unspecified atom stereocenters. The Hall–Kier alpha value is -4.30. The minimum Gasteiger partial charge on any atom is -0.456 e. The maximum absolute atomic E-state index is 9.27. The molecule has 0 amide bonds. The first kappa shape index (κ1) is 11.4. The van der Waals surface area contributed by atoms with Crippen LogP contribution in [0.4, 0.5) is 11.4 Å². The average Bonchev–Trinajstić information content (AvgIpc) is 3.55. The van der Waals surface area contributed by atoms with Crippen molar-refractivity contribution in [2.24, 2.45) is 0 Å². The Morgan fingerprint density at radius 3 is 2.51 bits per heavy atom. The standard InChI is InChI=1S/C33H25NO/c1-33(2)27-12-7-6-11-24(27)25-17-16-23(20-28(25)33)34-29-13-8-14-31-32(29)26-19-22(15-18-30(26)35-31)21-9-4-3-5-10-21/h3-20,34H,1-2H3/i1D3,2D3,3D,4D,5D,9D,10D,20D. The van der Waals surface area contributed by atoms with Gasteiger partial charge in [0.1, 0.15) is 11.2 Å². The molecule has 0 saturated carbocycles. The van der Waals surface area contributed by atoms with Crippen molar-refractivity contribution in [3.05, 3.63) is 120 Å². The van der Waals surface area contributed by atoms with Gasteiger partial charge in [0.2, 0.25) is 0 Å². The Morgan fingerprint density at radius 2 is 1.63 bits per heavy atom. The number of rotatable bonds is 3. The van der Waals surface area contributed by atoms with Crippen LogP contribution in [-0.4, -0.2) is 0 Å². The third-order valence-electron chi connectivity index (χ3n) is 6.49. The second kappa shape index (κ2) is 7.35. The van der Waals surface area contributed by atoms with Gasteiger partial charge >= 0.3 is 0 Å². The summed E-state index contributed by atoms with van der Waals surface area (Å²) in [6.45, 7) is -6.04. The van der Waals surface area contributed by atoms with E-state index in [0.717, 1.165) is 0 Å². The normalized spacial score (nSPS) is 19.3. The predicted octanol–water partition coefficient (Wildman–Crippen LogP) is 9.30. The Morgan fingerprint density at radius 1 is 0.771 bits per heavy atom. The molecule has 5 aromatic carbocycles. The molecule has 1 aliphatic rings. The molecule has 168 valence electrons. The molecule has 2 heteroatoms. The molecule has 0 atom stereocenters. The zero-order valence-corrected chi connectivity index (χ0v) is 18.3. The van der Waals surface area contributed by atoms with Gasteiger partial charge in [-0.15, -0.1) is 0 Å². The number of anilines is 2. The molecule has 1 aliphatic carbocycles. The van der Waals surface area contributed by atoms with Crippen LogP contribution in [-0.2, 0) is 5.41 Å². The number of fused-ring (bicyclic) bond motifs is 6. The molecule has 1 aromatic heterocycles. The van der Waals surface area contributed by atoms with Crippen molar-refractivity contribution in [2.75, 3.05) is 5.32 Å². The van der Waals surface area contributed by atoms with Crippen molar-refractivity contribution in [3.63, 3.8) is 0 Å². The molecule has 1 N–H and O–H groups in total. The van der Waals surface area contributed by atoms with Crippen LogP contribution in [0.25, 0.3) is 44.2 Å². The molecule has 0 aliphatic heterocycles. The maximum Gasteiger partial charge on any atom is 0.137 e. The number of furan rings is 1. The summed E-state index contributed by atoms with van der Waals surface area (Å²) in [5.41, 5.74) is 0.408. The van der Waals surface area contributed by atoms with Gasteiger partial charge in [0.15, 0.2) is 0 Å². The number of nitrogens with one attached hydrogen (secondary N) is 1. The third kappa shape index (κ3) is 3.03. The summed E-state index contributed by atoms with van der Waals surface area (Å²) in [7, 11) is 0. The highest BCUT2D eigenvalue weighted by atomic mass is 16.3. The molecule has 0 fully saturated rings. The van der Waals surface area contributed by atoms with E-state index in [9.17, 15) is 1.37 Å². The van der Waals surface area contributed by atoms with Crippen LogP contribution in [0.2, 0.25) is 0 Å². The first-order valence-electron chi connectivity index (χ1n) is 17.1. The van der Waals surface area contributed by atoms with Crippen molar-refractivity contribution in [1.82, 2.24) is 0 Å². The lowest BCUT2D eigenvalue weighted by Gasteiger charge is -2.22. The van der Waals surface area contributed by atoms with E-state index in [4.69, 9.17) is 19.5 Å². The van der Waals surface area contributed by atoms with Gasteiger partial charge in [0, 0.05) is 24.7 Å². The Labute approximate surface area is 221 Å². The summed E-state index contributed by atoms with van der Waals surface area (Å²) in [6.07, 6.45) is 0. The summed E-state index contributed by atoms with van der Waals surface area (Å²) >= 11 is 0. The number of hydrogen-bond donors (Lipinski definition) is 1. The summed E-state index contributed by atoms with van der Waals surface area (Å²) in [5.74, 6) is 0. The van der Waals surface area contributed by atoms with E-state index in [1.165, 1.54) is 6.07 Å². The van der Waals surface area contributed by atoms with Crippen LogP contribution in [0.3, 0.4) is 0 Å². The van der Waals surface area contributed by atoms with Crippen molar-refractivity contribution < 1.29 is 20.9 Å². The Balaban J connectivity index is 1.43. The molecule has 1 heterocycles. The van der Waals surface area contributed by atoms with Gasteiger partial charge in [-0.1, -0.05) is 86.4 Å². The monoisotopic (exact) mass is 463 g/mol. The molecule has 0 saturated heterocycles. The summed E-state index contributed by atoms with van der Waals surface area (Å²) in [5, 5.41) is 4.35. The van der Waals surface area contributed by atoms with E-state index in [-0.39, 0.29) is 40.5 Å². The summed E-state index contributed by atoms with van der Waals surface area (Å²) in [6, 6.07) is 17.5. The maximum atomic E-state index is 9.27. The molecule has 35 heavy (non-hydrogen) atoms. The number of hydrogen-bond acceptors (Lipinski definition) is 2. The molecular weight excluding hydrogens is 426 g/mol. The van der Waals surface area contributed by atoms with Gasteiger partial charge in [-0.25, -0.2) is 0 Å². The van der Waals surface area contributed by atoms with Crippen molar-refractivity contribution in [3.8, 4) is 22.3 Å². The van der Waals surface area contributed by atoms with Gasteiger partial charge in [-0.3, -0.25) is 0 Å². The van der Waals surface area contributed by atoms with E-state index in [0.29, 0.717) is 44.3 Å². The first-order valence-corrected chi connectivity index (χ1v) is 11.1. The Bertz CT molecular complexity index is 2240. The van der Waals surface area contributed by atoms with Crippen LogP contribution in [0.5, 0.6) is 0 Å². The summed E-state index contributed by atoms with van der Waals surface area (Å²) < 4.78 is 107. The largest absolute Gasteiger partial charge is 0.456 e. The van der Waals surface area contributed by atoms with Crippen molar-refractivity contribution >= 4 is 33.3 Å². The molecule has 6 aromatic rings. The fourth-order valence-electron chi connectivity index (χ4n) is 4.89. The van der Waals surface area contributed by atoms with Gasteiger partial charge in [0.25, 0.3) is 0 Å². The molecule has 0 bridgehead atoms. The lowest BCUT2D eigenvalue weighted by atomic mass is 9.82. The lowest BCUT2D eigenvalue weighted by Crippen LogP contribution is -2.15. The van der Waals surface area contributed by atoms with Crippen LogP contribution < -0.4 is 5.32 Å². The molecular formula is C33H25NO. The van der Waals surface area contributed by atoms with Crippen LogP contribution in [0, 0.1) is 0 Å². The summed E-state index contributed by atoms with van der Waals surface area (Å²) in [4.78, 5) is 0. The molecule has 0 spiro atoms. The van der Waals surface area contributed by atoms with E-state index in [2.05, 4.69) is 5.32 Å². The van der Waals surface area contributed by atoms with E-state index < -0.39 is 37.2 Å².